The molecule has 2 rings (SSSR count). The van der Waals surface area contributed by atoms with Crippen LogP contribution in [0, 0.1) is 0 Å². The van der Waals surface area contributed by atoms with Crippen molar-refractivity contribution in [1.29, 1.82) is 0 Å². The number of aliphatic hydroxyl groups is 1. The van der Waals surface area contributed by atoms with Gasteiger partial charge in [0.1, 0.15) is 5.75 Å². The van der Waals surface area contributed by atoms with E-state index in [0.717, 1.165) is 25.8 Å². The molecular formula is C16H17Br2NO2. The minimum absolute atomic E-state index is 0.197. The van der Waals surface area contributed by atoms with Crippen molar-refractivity contribution in [2.75, 3.05) is 13.7 Å². The predicted octanol–water partition coefficient (Wildman–Crippen LogP) is 4.00. The molecule has 0 radical (unpaired) electrons. The summed E-state index contributed by atoms with van der Waals surface area (Å²) in [7, 11) is 1.62. The van der Waals surface area contributed by atoms with Gasteiger partial charge in [0.05, 0.1) is 13.2 Å². The molecule has 0 saturated heterocycles. The van der Waals surface area contributed by atoms with Gasteiger partial charge in [-0.3, -0.25) is 0 Å². The van der Waals surface area contributed by atoms with Crippen LogP contribution in [-0.2, 0) is 0 Å². The van der Waals surface area contributed by atoms with Crippen molar-refractivity contribution in [3.63, 3.8) is 0 Å². The van der Waals surface area contributed by atoms with Crippen LogP contribution in [0.25, 0.3) is 0 Å². The molecule has 21 heavy (non-hydrogen) atoms. The quantitative estimate of drug-likeness (QED) is 0.777. The number of benzene rings is 2. The summed E-state index contributed by atoms with van der Waals surface area (Å²) in [6.07, 6.45) is -0.690. The average molecular weight is 415 g/mol. The molecule has 112 valence electrons. The third-order valence-electron chi connectivity index (χ3n) is 3.44. The van der Waals surface area contributed by atoms with Crippen LogP contribution in [0.1, 0.15) is 23.1 Å². The number of nitrogens with two attached hydrogens (primary N) is 1. The Morgan fingerprint density at radius 1 is 1.19 bits per heavy atom. The second-order valence-corrected chi connectivity index (χ2v) is 6.50. The van der Waals surface area contributed by atoms with Crippen LogP contribution in [0.5, 0.6) is 5.75 Å². The van der Waals surface area contributed by atoms with Gasteiger partial charge >= 0.3 is 0 Å². The zero-order chi connectivity index (χ0) is 15.4. The van der Waals surface area contributed by atoms with Crippen LogP contribution in [0.4, 0.5) is 0 Å². The van der Waals surface area contributed by atoms with Crippen molar-refractivity contribution in [1.82, 2.24) is 0 Å². The molecule has 0 aliphatic carbocycles. The highest BCUT2D eigenvalue weighted by Gasteiger charge is 2.23. The number of hydrogen-bond donors (Lipinski definition) is 2. The first-order chi connectivity index (χ1) is 10.1. The van der Waals surface area contributed by atoms with Gasteiger partial charge < -0.3 is 15.6 Å². The number of methoxy groups -OCH3 is 1. The zero-order valence-corrected chi connectivity index (χ0v) is 14.8. The molecule has 3 nitrogen and oxygen atoms in total. The van der Waals surface area contributed by atoms with Crippen LogP contribution in [0.3, 0.4) is 0 Å². The maximum Gasteiger partial charge on any atom is 0.119 e. The maximum absolute atomic E-state index is 10.7. The van der Waals surface area contributed by atoms with E-state index in [9.17, 15) is 5.11 Å². The standard InChI is InChI=1S/C16H17Br2NO2/c1-21-12-4-2-3-10(7-12)14(9-19)16(20)13-6-5-11(17)8-15(13)18/h2-8,14,16,20H,9,19H2,1H3. The fraction of sp³-hybridized carbons (Fsp3) is 0.250. The highest BCUT2D eigenvalue weighted by molar-refractivity contribution is 9.11. The summed E-state index contributed by atoms with van der Waals surface area (Å²) in [6, 6.07) is 13.4. The van der Waals surface area contributed by atoms with Crippen molar-refractivity contribution in [2.24, 2.45) is 5.73 Å². The van der Waals surface area contributed by atoms with Gasteiger partial charge in [0.25, 0.3) is 0 Å². The molecule has 2 aromatic rings. The highest BCUT2D eigenvalue weighted by Crippen LogP contribution is 2.36. The number of halogens is 2. The van der Waals surface area contributed by atoms with Crippen molar-refractivity contribution in [3.05, 3.63) is 62.5 Å². The molecule has 0 spiro atoms. The van der Waals surface area contributed by atoms with E-state index in [0.29, 0.717) is 6.54 Å². The normalized spacial score (nSPS) is 13.8. The van der Waals surface area contributed by atoms with Crippen LogP contribution in [0.2, 0.25) is 0 Å². The van der Waals surface area contributed by atoms with Crippen LogP contribution >= 0.6 is 31.9 Å². The van der Waals surface area contributed by atoms with E-state index in [1.54, 1.807) is 7.11 Å². The second-order valence-electron chi connectivity index (χ2n) is 4.73. The van der Waals surface area contributed by atoms with Gasteiger partial charge in [-0.15, -0.1) is 0 Å². The Balaban J connectivity index is 2.35. The lowest BCUT2D eigenvalue weighted by atomic mass is 9.89. The Hall–Kier alpha value is -0.880. The third-order valence-corrected chi connectivity index (χ3v) is 4.62. The largest absolute Gasteiger partial charge is 0.497 e. The average Bonchev–Trinajstić information content (AvgIpc) is 2.48. The number of ether oxygens (including phenoxy) is 1. The molecule has 2 atom stereocenters. The van der Waals surface area contributed by atoms with Gasteiger partial charge in [-0.05, 0) is 35.4 Å². The Labute approximate surface area is 141 Å². The second kappa shape index (κ2) is 7.40. The molecule has 0 amide bonds. The van der Waals surface area contributed by atoms with Gasteiger partial charge in [-0.1, -0.05) is 50.1 Å². The van der Waals surface area contributed by atoms with Gasteiger partial charge in [0.15, 0.2) is 0 Å². The summed E-state index contributed by atoms with van der Waals surface area (Å²) in [5, 5.41) is 10.7. The summed E-state index contributed by atoms with van der Waals surface area (Å²) < 4.78 is 7.04. The van der Waals surface area contributed by atoms with E-state index in [1.165, 1.54) is 0 Å². The molecule has 0 saturated carbocycles. The fourth-order valence-corrected chi connectivity index (χ4v) is 3.56. The van der Waals surface area contributed by atoms with Gasteiger partial charge in [-0.2, -0.15) is 0 Å². The molecule has 0 aromatic heterocycles. The first kappa shape index (κ1) is 16.5. The number of rotatable bonds is 5. The first-order valence-electron chi connectivity index (χ1n) is 6.54. The molecule has 2 unspecified atom stereocenters. The lowest BCUT2D eigenvalue weighted by molar-refractivity contribution is 0.146. The minimum Gasteiger partial charge on any atom is -0.497 e. The Morgan fingerprint density at radius 3 is 2.57 bits per heavy atom. The zero-order valence-electron chi connectivity index (χ0n) is 11.6. The predicted molar refractivity (Wildman–Crippen MR) is 91.6 cm³/mol. The Bertz CT molecular complexity index is 619. The van der Waals surface area contributed by atoms with Crippen LogP contribution in [-0.4, -0.2) is 18.8 Å². The summed E-state index contributed by atoms with van der Waals surface area (Å²) in [5.74, 6) is 0.561. The number of aliphatic hydroxyl groups excluding tert-OH is 1. The van der Waals surface area contributed by atoms with Gasteiger partial charge in [0, 0.05) is 21.4 Å². The van der Waals surface area contributed by atoms with Crippen LogP contribution in [0.15, 0.2) is 51.4 Å². The molecule has 0 aliphatic heterocycles. The van der Waals surface area contributed by atoms with Crippen molar-refractivity contribution >= 4 is 31.9 Å². The molecule has 5 heteroatoms. The van der Waals surface area contributed by atoms with Crippen LogP contribution < -0.4 is 10.5 Å². The SMILES string of the molecule is COc1cccc(C(CN)C(O)c2ccc(Br)cc2Br)c1. The number of hydrogen-bond acceptors (Lipinski definition) is 3. The van der Waals surface area contributed by atoms with Crippen molar-refractivity contribution < 1.29 is 9.84 Å². The first-order valence-corrected chi connectivity index (χ1v) is 8.12. The van der Waals surface area contributed by atoms with E-state index >= 15 is 0 Å². The molecule has 0 heterocycles. The van der Waals surface area contributed by atoms with Crippen molar-refractivity contribution in [2.45, 2.75) is 12.0 Å². The molecular weight excluding hydrogens is 398 g/mol. The van der Waals surface area contributed by atoms with E-state index in [2.05, 4.69) is 31.9 Å². The maximum atomic E-state index is 10.7. The van der Waals surface area contributed by atoms with Gasteiger partial charge in [0.2, 0.25) is 0 Å². The monoisotopic (exact) mass is 413 g/mol. The Kier molecular flexibility index (Phi) is 5.81. The smallest absolute Gasteiger partial charge is 0.119 e. The van der Waals surface area contributed by atoms with Crippen molar-refractivity contribution in [3.8, 4) is 5.75 Å². The highest BCUT2D eigenvalue weighted by atomic mass is 79.9. The lowest BCUT2D eigenvalue weighted by Gasteiger charge is -2.23. The third kappa shape index (κ3) is 3.86. The fourth-order valence-electron chi connectivity index (χ4n) is 2.28. The Morgan fingerprint density at radius 2 is 1.95 bits per heavy atom. The molecule has 0 bridgehead atoms. The molecule has 0 fully saturated rings. The van der Waals surface area contributed by atoms with E-state index < -0.39 is 6.10 Å². The van der Waals surface area contributed by atoms with E-state index in [1.807, 2.05) is 42.5 Å². The summed E-state index contributed by atoms with van der Waals surface area (Å²) >= 11 is 6.90. The summed E-state index contributed by atoms with van der Waals surface area (Å²) in [6.45, 7) is 0.344. The summed E-state index contributed by atoms with van der Waals surface area (Å²) in [5.41, 5.74) is 7.66. The molecule has 2 aromatic carbocycles. The van der Waals surface area contributed by atoms with E-state index in [-0.39, 0.29) is 5.92 Å². The topological polar surface area (TPSA) is 55.5 Å². The van der Waals surface area contributed by atoms with Gasteiger partial charge in [-0.25, -0.2) is 0 Å². The summed E-state index contributed by atoms with van der Waals surface area (Å²) in [4.78, 5) is 0. The lowest BCUT2D eigenvalue weighted by Crippen LogP contribution is -2.20. The molecule has 3 N–H and O–H groups in total. The molecule has 0 aliphatic rings. The van der Waals surface area contributed by atoms with E-state index in [4.69, 9.17) is 10.5 Å². The minimum atomic E-state index is -0.690.